The van der Waals surface area contributed by atoms with E-state index in [1.807, 2.05) is 0 Å². The number of hydrogen-bond acceptors (Lipinski definition) is 6. The van der Waals surface area contributed by atoms with Crippen molar-refractivity contribution in [1.29, 1.82) is 0 Å². The van der Waals surface area contributed by atoms with Gasteiger partial charge in [0.1, 0.15) is 11.0 Å². The minimum absolute atomic E-state index is 0.139. The monoisotopic (exact) mass is 307 g/mol. The Kier molecular flexibility index (Phi) is 3.33. The zero-order valence-corrected chi connectivity index (χ0v) is 11.7. The van der Waals surface area contributed by atoms with Gasteiger partial charge in [-0.2, -0.15) is 8.75 Å². The highest BCUT2D eigenvalue weighted by Gasteiger charge is 2.11. The van der Waals surface area contributed by atoms with Gasteiger partial charge in [0.2, 0.25) is 0 Å². The number of phenols is 2. The number of hydrogen-bond donors (Lipinski definition) is 3. The minimum atomic E-state index is -0.149. The first kappa shape index (κ1) is 13.0. The Hall–Kier alpha value is -2.05. The van der Waals surface area contributed by atoms with Crippen molar-refractivity contribution < 1.29 is 10.2 Å². The molecule has 1 aromatic heterocycles. The molecule has 0 atom stereocenters. The molecule has 0 radical (unpaired) electrons. The molecule has 3 rings (SSSR count). The van der Waals surface area contributed by atoms with Gasteiger partial charge in [-0.1, -0.05) is 23.7 Å². The summed E-state index contributed by atoms with van der Waals surface area (Å²) in [5.74, 6) is -0.288. The Morgan fingerprint density at radius 1 is 1.15 bits per heavy atom. The molecule has 7 heteroatoms. The predicted molar refractivity (Wildman–Crippen MR) is 79.5 cm³/mol. The molecule has 0 amide bonds. The maximum atomic E-state index is 9.77. The zero-order chi connectivity index (χ0) is 14.1. The summed E-state index contributed by atoms with van der Waals surface area (Å²) in [5, 5.41) is 22.9. The Morgan fingerprint density at radius 2 is 2.00 bits per heavy atom. The third-order valence-electron chi connectivity index (χ3n) is 2.93. The number of nitrogens with one attached hydrogen (secondary N) is 1. The third kappa shape index (κ3) is 2.23. The van der Waals surface area contributed by atoms with E-state index in [1.54, 1.807) is 24.3 Å². The van der Waals surface area contributed by atoms with Crippen molar-refractivity contribution in [2.45, 2.75) is 6.54 Å². The molecule has 0 aliphatic carbocycles. The van der Waals surface area contributed by atoms with E-state index in [0.29, 0.717) is 28.3 Å². The van der Waals surface area contributed by atoms with E-state index in [2.05, 4.69) is 14.1 Å². The fraction of sp³-hybridized carbons (Fsp3) is 0.0769. The number of phenolic OH excluding ortho intramolecular Hbond substituents is 2. The van der Waals surface area contributed by atoms with Crippen LogP contribution >= 0.6 is 23.3 Å². The second-order valence-corrected chi connectivity index (χ2v) is 5.13. The fourth-order valence-corrected chi connectivity index (χ4v) is 2.66. The molecule has 0 saturated carbocycles. The number of fused-ring (bicyclic) bond motifs is 1. The number of benzene rings is 2. The van der Waals surface area contributed by atoms with Gasteiger partial charge in [-0.05, 0) is 18.2 Å². The molecule has 0 aliphatic heterocycles. The highest BCUT2D eigenvalue weighted by molar-refractivity contribution is 7.00. The SMILES string of the molecule is Oc1cccc(CNc2c(Cl)ccc3nsnc23)c1O. The second-order valence-electron chi connectivity index (χ2n) is 4.19. The third-order valence-corrected chi connectivity index (χ3v) is 3.79. The van der Waals surface area contributed by atoms with Crippen molar-refractivity contribution in [1.82, 2.24) is 8.75 Å². The van der Waals surface area contributed by atoms with Crippen molar-refractivity contribution in [2.75, 3.05) is 5.32 Å². The standard InChI is InChI=1S/C13H10ClN3O2S/c14-8-4-5-9-12(17-20-16-9)11(8)15-6-7-2-1-3-10(18)13(7)19/h1-5,15,18-19H,6H2. The van der Waals surface area contributed by atoms with Gasteiger partial charge in [0.05, 0.1) is 22.4 Å². The Bertz CT molecular complexity index is 775. The molecule has 0 spiro atoms. The molecule has 0 aliphatic rings. The average Bonchev–Trinajstić information content (AvgIpc) is 2.90. The second kappa shape index (κ2) is 5.15. The molecule has 0 unspecified atom stereocenters. The lowest BCUT2D eigenvalue weighted by molar-refractivity contribution is 0.400. The van der Waals surface area contributed by atoms with E-state index in [9.17, 15) is 10.2 Å². The smallest absolute Gasteiger partial charge is 0.162 e. The molecule has 0 fully saturated rings. The number of anilines is 1. The largest absolute Gasteiger partial charge is 0.504 e. The lowest BCUT2D eigenvalue weighted by Crippen LogP contribution is -2.01. The van der Waals surface area contributed by atoms with Crippen LogP contribution < -0.4 is 5.32 Å². The molecule has 0 bridgehead atoms. The number of rotatable bonds is 3. The summed E-state index contributed by atoms with van der Waals surface area (Å²) >= 11 is 7.27. The topological polar surface area (TPSA) is 78.3 Å². The fourth-order valence-electron chi connectivity index (χ4n) is 1.90. The van der Waals surface area contributed by atoms with Crippen LogP contribution in [-0.4, -0.2) is 19.0 Å². The van der Waals surface area contributed by atoms with Crippen LogP contribution in [-0.2, 0) is 6.54 Å². The summed E-state index contributed by atoms with van der Waals surface area (Å²) in [6, 6.07) is 8.36. The van der Waals surface area contributed by atoms with E-state index in [0.717, 1.165) is 17.2 Å². The zero-order valence-electron chi connectivity index (χ0n) is 10.2. The van der Waals surface area contributed by atoms with Crippen molar-refractivity contribution >= 4 is 40.0 Å². The number of aromatic nitrogens is 2. The molecule has 102 valence electrons. The summed E-state index contributed by atoms with van der Waals surface area (Å²) < 4.78 is 8.35. The molecular weight excluding hydrogens is 298 g/mol. The Morgan fingerprint density at radius 3 is 2.85 bits per heavy atom. The Balaban J connectivity index is 1.92. The van der Waals surface area contributed by atoms with Gasteiger partial charge in [-0.25, -0.2) is 0 Å². The van der Waals surface area contributed by atoms with E-state index < -0.39 is 0 Å². The molecule has 3 aromatic rings. The van der Waals surface area contributed by atoms with Gasteiger partial charge in [0, 0.05) is 12.1 Å². The quantitative estimate of drug-likeness (QED) is 0.647. The van der Waals surface area contributed by atoms with Crippen LogP contribution in [0.4, 0.5) is 5.69 Å². The van der Waals surface area contributed by atoms with E-state index in [1.165, 1.54) is 6.07 Å². The maximum Gasteiger partial charge on any atom is 0.162 e. The number of nitrogens with zero attached hydrogens (tertiary/aromatic N) is 2. The number of halogens is 1. The van der Waals surface area contributed by atoms with Crippen LogP contribution in [0, 0.1) is 0 Å². The maximum absolute atomic E-state index is 9.77. The number of para-hydroxylation sites is 1. The van der Waals surface area contributed by atoms with Gasteiger partial charge in [0.25, 0.3) is 0 Å². The van der Waals surface area contributed by atoms with Crippen LogP contribution in [0.3, 0.4) is 0 Å². The van der Waals surface area contributed by atoms with Crippen LogP contribution in [0.15, 0.2) is 30.3 Å². The summed E-state index contributed by atoms with van der Waals surface area (Å²) in [5.41, 5.74) is 2.70. The van der Waals surface area contributed by atoms with Crippen molar-refractivity contribution in [3.05, 3.63) is 40.9 Å². The van der Waals surface area contributed by atoms with Gasteiger partial charge < -0.3 is 15.5 Å². The van der Waals surface area contributed by atoms with Gasteiger partial charge >= 0.3 is 0 Å². The first-order chi connectivity index (χ1) is 9.66. The lowest BCUT2D eigenvalue weighted by Gasteiger charge is -2.10. The molecule has 2 aromatic carbocycles. The first-order valence-electron chi connectivity index (χ1n) is 5.81. The molecule has 5 nitrogen and oxygen atoms in total. The summed E-state index contributed by atoms with van der Waals surface area (Å²) in [6.07, 6.45) is 0. The molecule has 1 heterocycles. The van der Waals surface area contributed by atoms with Crippen LogP contribution in [0.5, 0.6) is 11.5 Å². The van der Waals surface area contributed by atoms with Crippen LogP contribution in [0.1, 0.15) is 5.56 Å². The first-order valence-corrected chi connectivity index (χ1v) is 6.92. The van der Waals surface area contributed by atoms with Crippen molar-refractivity contribution in [2.24, 2.45) is 0 Å². The predicted octanol–water partition coefficient (Wildman–Crippen LogP) is 3.37. The minimum Gasteiger partial charge on any atom is -0.504 e. The molecule has 20 heavy (non-hydrogen) atoms. The summed E-state index contributed by atoms with van der Waals surface area (Å²) in [6.45, 7) is 0.316. The highest BCUT2D eigenvalue weighted by Crippen LogP contribution is 2.32. The van der Waals surface area contributed by atoms with Crippen LogP contribution in [0.2, 0.25) is 5.02 Å². The lowest BCUT2D eigenvalue weighted by atomic mass is 10.1. The van der Waals surface area contributed by atoms with E-state index in [4.69, 9.17) is 11.6 Å². The average molecular weight is 308 g/mol. The van der Waals surface area contributed by atoms with Gasteiger partial charge in [-0.3, -0.25) is 0 Å². The summed E-state index contributed by atoms with van der Waals surface area (Å²) in [4.78, 5) is 0. The normalized spacial score (nSPS) is 10.8. The molecule has 3 N–H and O–H groups in total. The highest BCUT2D eigenvalue weighted by atomic mass is 35.5. The molecular formula is C13H10ClN3O2S. The van der Waals surface area contributed by atoms with Gasteiger partial charge in [-0.15, -0.1) is 0 Å². The molecule has 0 saturated heterocycles. The van der Waals surface area contributed by atoms with Gasteiger partial charge in [0.15, 0.2) is 11.5 Å². The van der Waals surface area contributed by atoms with Crippen LogP contribution in [0.25, 0.3) is 11.0 Å². The Labute approximate surface area is 123 Å². The van der Waals surface area contributed by atoms with Crippen molar-refractivity contribution in [3.8, 4) is 11.5 Å². The van der Waals surface area contributed by atoms with Crippen molar-refractivity contribution in [3.63, 3.8) is 0 Å². The summed E-state index contributed by atoms with van der Waals surface area (Å²) in [7, 11) is 0. The van der Waals surface area contributed by atoms with E-state index in [-0.39, 0.29) is 11.5 Å². The van der Waals surface area contributed by atoms with E-state index >= 15 is 0 Å². The number of aromatic hydroxyl groups is 2.